The molecule has 1 heterocycles. The van der Waals surface area contributed by atoms with Crippen molar-refractivity contribution in [2.45, 2.75) is 26.2 Å². The summed E-state index contributed by atoms with van der Waals surface area (Å²) in [5.74, 6) is 0.342. The fraction of sp³-hybridized carbons (Fsp3) is 0.333. The number of amides is 2. The Labute approximate surface area is 156 Å². The van der Waals surface area contributed by atoms with Gasteiger partial charge in [0.2, 0.25) is 11.8 Å². The van der Waals surface area contributed by atoms with Crippen molar-refractivity contribution < 1.29 is 14.0 Å². The SMILES string of the molecule is CCCN(CC(=O)Nc1cc(Cl)ccc1Cl)C(=O)CCc1ccco1. The molecule has 7 heteroatoms. The van der Waals surface area contributed by atoms with Crippen LogP contribution >= 0.6 is 23.2 Å². The van der Waals surface area contributed by atoms with E-state index in [1.165, 1.54) is 4.90 Å². The number of benzene rings is 1. The van der Waals surface area contributed by atoms with Gasteiger partial charge in [0.1, 0.15) is 5.76 Å². The van der Waals surface area contributed by atoms with Crippen molar-refractivity contribution in [3.63, 3.8) is 0 Å². The minimum absolute atomic E-state index is 0.0341. The molecule has 0 fully saturated rings. The molecule has 0 unspecified atom stereocenters. The van der Waals surface area contributed by atoms with Gasteiger partial charge in [-0.3, -0.25) is 9.59 Å². The number of rotatable bonds is 8. The second-order valence-electron chi connectivity index (χ2n) is 5.57. The highest BCUT2D eigenvalue weighted by molar-refractivity contribution is 6.35. The molecule has 0 spiro atoms. The molecule has 0 aliphatic rings. The lowest BCUT2D eigenvalue weighted by Gasteiger charge is -2.21. The highest BCUT2D eigenvalue weighted by Crippen LogP contribution is 2.25. The highest BCUT2D eigenvalue weighted by Gasteiger charge is 2.17. The topological polar surface area (TPSA) is 62.6 Å². The zero-order valence-corrected chi connectivity index (χ0v) is 15.4. The first-order valence-corrected chi connectivity index (χ1v) is 8.80. The van der Waals surface area contributed by atoms with Crippen LogP contribution in [0, 0.1) is 0 Å². The molecule has 2 rings (SSSR count). The Hall–Kier alpha value is -1.98. The van der Waals surface area contributed by atoms with Gasteiger partial charge in [-0.15, -0.1) is 0 Å². The van der Waals surface area contributed by atoms with Crippen molar-refractivity contribution in [3.05, 3.63) is 52.4 Å². The molecular formula is C18H20Cl2N2O3. The summed E-state index contributed by atoms with van der Waals surface area (Å²) in [6, 6.07) is 8.43. The van der Waals surface area contributed by atoms with Gasteiger partial charge in [0.25, 0.3) is 0 Å². The van der Waals surface area contributed by atoms with Crippen LogP contribution in [0.5, 0.6) is 0 Å². The standard InChI is InChI=1S/C18H20Cl2N2O3/c1-2-9-22(18(24)8-6-14-4-3-10-25-14)12-17(23)21-16-11-13(19)5-7-15(16)20/h3-5,7,10-11H,2,6,8-9,12H2,1H3,(H,21,23). The summed E-state index contributed by atoms with van der Waals surface area (Å²) in [7, 11) is 0. The minimum atomic E-state index is -0.316. The van der Waals surface area contributed by atoms with Crippen LogP contribution in [0.4, 0.5) is 5.69 Å². The third-order valence-electron chi connectivity index (χ3n) is 3.55. The van der Waals surface area contributed by atoms with Gasteiger partial charge >= 0.3 is 0 Å². The molecule has 0 saturated carbocycles. The quantitative estimate of drug-likeness (QED) is 0.735. The van der Waals surface area contributed by atoms with Crippen LogP contribution in [0.2, 0.25) is 10.0 Å². The first-order chi connectivity index (χ1) is 12.0. The van der Waals surface area contributed by atoms with Crippen molar-refractivity contribution in [3.8, 4) is 0 Å². The van der Waals surface area contributed by atoms with E-state index in [0.717, 1.165) is 12.2 Å². The van der Waals surface area contributed by atoms with Gasteiger partial charge in [0.05, 0.1) is 23.5 Å². The molecule has 0 saturated heterocycles. The second-order valence-corrected chi connectivity index (χ2v) is 6.41. The van der Waals surface area contributed by atoms with Crippen molar-refractivity contribution in [1.29, 1.82) is 0 Å². The molecular weight excluding hydrogens is 363 g/mol. The number of carbonyl (C=O) groups is 2. The smallest absolute Gasteiger partial charge is 0.244 e. The fourth-order valence-corrected chi connectivity index (χ4v) is 2.70. The lowest BCUT2D eigenvalue weighted by atomic mass is 10.2. The number of hydrogen-bond acceptors (Lipinski definition) is 3. The summed E-state index contributed by atoms with van der Waals surface area (Å²) in [4.78, 5) is 26.2. The van der Waals surface area contributed by atoms with E-state index in [4.69, 9.17) is 27.6 Å². The van der Waals surface area contributed by atoms with Crippen LogP contribution in [0.1, 0.15) is 25.5 Å². The fourth-order valence-electron chi connectivity index (χ4n) is 2.36. The van der Waals surface area contributed by atoms with Crippen LogP contribution in [0.25, 0.3) is 0 Å². The number of anilines is 1. The van der Waals surface area contributed by atoms with Crippen molar-refractivity contribution in [2.24, 2.45) is 0 Å². The second kappa shape index (κ2) is 9.49. The average molecular weight is 383 g/mol. The summed E-state index contributed by atoms with van der Waals surface area (Å²) < 4.78 is 5.23. The van der Waals surface area contributed by atoms with Gasteiger partial charge in [0.15, 0.2) is 0 Å². The molecule has 2 amide bonds. The third kappa shape index (κ3) is 6.11. The number of nitrogens with one attached hydrogen (secondary N) is 1. The predicted molar refractivity (Wildman–Crippen MR) is 99.0 cm³/mol. The first-order valence-electron chi connectivity index (χ1n) is 8.04. The first kappa shape index (κ1) is 19.3. The summed E-state index contributed by atoms with van der Waals surface area (Å²) >= 11 is 12.0. The minimum Gasteiger partial charge on any atom is -0.469 e. The Morgan fingerprint density at radius 3 is 2.72 bits per heavy atom. The van der Waals surface area contributed by atoms with Gasteiger partial charge in [-0.1, -0.05) is 30.1 Å². The van der Waals surface area contributed by atoms with Gasteiger partial charge < -0.3 is 14.6 Å². The Morgan fingerprint density at radius 2 is 2.04 bits per heavy atom. The zero-order chi connectivity index (χ0) is 18.2. The predicted octanol–water partition coefficient (Wildman–Crippen LogP) is 4.40. The molecule has 5 nitrogen and oxygen atoms in total. The van der Waals surface area contributed by atoms with Crippen molar-refractivity contribution in [2.75, 3.05) is 18.4 Å². The molecule has 2 aromatic rings. The molecule has 0 aliphatic carbocycles. The number of furan rings is 1. The maximum atomic E-state index is 12.4. The zero-order valence-electron chi connectivity index (χ0n) is 13.9. The van der Waals surface area contributed by atoms with E-state index in [0.29, 0.717) is 35.1 Å². The molecule has 25 heavy (non-hydrogen) atoms. The van der Waals surface area contributed by atoms with E-state index in [-0.39, 0.29) is 18.4 Å². The lowest BCUT2D eigenvalue weighted by molar-refractivity contribution is -0.134. The molecule has 1 N–H and O–H groups in total. The van der Waals surface area contributed by atoms with Crippen molar-refractivity contribution >= 4 is 40.7 Å². The van der Waals surface area contributed by atoms with Crippen molar-refractivity contribution in [1.82, 2.24) is 4.90 Å². The molecule has 1 aromatic carbocycles. The Balaban J connectivity index is 1.93. The summed E-state index contributed by atoms with van der Waals surface area (Å²) in [5.41, 5.74) is 0.429. The molecule has 0 radical (unpaired) electrons. The van der Waals surface area contributed by atoms with E-state index in [1.807, 2.05) is 13.0 Å². The van der Waals surface area contributed by atoms with E-state index in [9.17, 15) is 9.59 Å². The van der Waals surface area contributed by atoms with Gasteiger partial charge in [0, 0.05) is 24.4 Å². The maximum absolute atomic E-state index is 12.4. The van der Waals surface area contributed by atoms with Crippen LogP contribution in [0.15, 0.2) is 41.0 Å². The van der Waals surface area contributed by atoms with Crippen LogP contribution < -0.4 is 5.32 Å². The number of carbonyl (C=O) groups excluding carboxylic acids is 2. The lowest BCUT2D eigenvalue weighted by Crippen LogP contribution is -2.38. The van der Waals surface area contributed by atoms with Gasteiger partial charge in [-0.2, -0.15) is 0 Å². The molecule has 0 atom stereocenters. The molecule has 1 aromatic heterocycles. The van der Waals surface area contributed by atoms with E-state index >= 15 is 0 Å². The van der Waals surface area contributed by atoms with E-state index in [2.05, 4.69) is 5.32 Å². The van der Waals surface area contributed by atoms with Gasteiger partial charge in [-0.05, 0) is 36.8 Å². The molecule has 0 aliphatic heterocycles. The normalized spacial score (nSPS) is 10.5. The number of aryl methyl sites for hydroxylation is 1. The summed E-state index contributed by atoms with van der Waals surface area (Å²) in [6.07, 6.45) is 3.13. The van der Waals surface area contributed by atoms with Crippen LogP contribution in [-0.2, 0) is 16.0 Å². The van der Waals surface area contributed by atoms with Crippen LogP contribution in [-0.4, -0.2) is 29.8 Å². The number of nitrogens with zero attached hydrogens (tertiary/aromatic N) is 1. The van der Waals surface area contributed by atoms with E-state index in [1.54, 1.807) is 30.5 Å². The monoisotopic (exact) mass is 382 g/mol. The highest BCUT2D eigenvalue weighted by atomic mass is 35.5. The maximum Gasteiger partial charge on any atom is 0.244 e. The molecule has 134 valence electrons. The molecule has 0 bridgehead atoms. The third-order valence-corrected chi connectivity index (χ3v) is 4.11. The number of halogens is 2. The summed E-state index contributed by atoms with van der Waals surface area (Å²) in [6.45, 7) is 2.43. The Morgan fingerprint density at radius 1 is 1.24 bits per heavy atom. The van der Waals surface area contributed by atoms with Gasteiger partial charge in [-0.25, -0.2) is 0 Å². The number of hydrogen-bond donors (Lipinski definition) is 1. The van der Waals surface area contributed by atoms with Crippen LogP contribution in [0.3, 0.4) is 0 Å². The average Bonchev–Trinajstić information content (AvgIpc) is 3.09. The largest absolute Gasteiger partial charge is 0.469 e. The summed E-state index contributed by atoms with van der Waals surface area (Å²) in [5, 5.41) is 3.56. The Kier molecular flexibility index (Phi) is 7.34. The van der Waals surface area contributed by atoms with E-state index < -0.39 is 0 Å². The Bertz CT molecular complexity index is 717.